The number of nitrogens with one attached hydrogen (secondary N) is 1. The largest absolute Gasteiger partial charge is 0.350 e. The molecule has 4 heterocycles. The first-order valence-electron chi connectivity index (χ1n) is 7.35. The minimum atomic E-state index is 0.0166. The molecule has 0 radical (unpaired) electrons. The maximum atomic E-state index is 12.3. The van der Waals surface area contributed by atoms with Crippen molar-refractivity contribution < 1.29 is 4.79 Å². The molecule has 22 heavy (non-hydrogen) atoms. The summed E-state index contributed by atoms with van der Waals surface area (Å²) in [7, 11) is 0. The molecule has 0 fully saturated rings. The number of hydrogen-bond donors (Lipinski definition) is 1. The van der Waals surface area contributed by atoms with Crippen molar-refractivity contribution in [3.05, 3.63) is 48.4 Å². The van der Waals surface area contributed by atoms with Gasteiger partial charge in [0.15, 0.2) is 5.65 Å². The lowest BCUT2D eigenvalue weighted by molar-refractivity contribution is -0.125. The van der Waals surface area contributed by atoms with E-state index in [1.165, 1.54) is 0 Å². The van der Waals surface area contributed by atoms with Gasteiger partial charge in [0.1, 0.15) is 0 Å². The lowest BCUT2D eigenvalue weighted by Gasteiger charge is -2.22. The first-order valence-corrected chi connectivity index (χ1v) is 7.35. The van der Waals surface area contributed by atoms with Gasteiger partial charge in [-0.05, 0) is 12.5 Å². The molecule has 1 unspecified atom stereocenters. The smallest absolute Gasteiger partial charge is 0.223 e. The van der Waals surface area contributed by atoms with Crippen LogP contribution in [-0.2, 0) is 24.3 Å². The molecule has 0 bridgehead atoms. The highest BCUT2D eigenvalue weighted by Gasteiger charge is 2.24. The Bertz CT molecular complexity index is 787. The standard InChI is InChI=1S/C15H16N6O/c22-15(11-2-5-21-13(7-11)1-3-18-21)17-8-12-10-20-6-4-16-9-14(20)19-12/h1,3-4,6,9-11H,2,5,7-8H2,(H,17,22). The molecule has 0 saturated carbocycles. The quantitative estimate of drug-likeness (QED) is 0.775. The van der Waals surface area contributed by atoms with Gasteiger partial charge in [-0.3, -0.25) is 14.5 Å². The summed E-state index contributed by atoms with van der Waals surface area (Å²) in [6.07, 6.45) is 10.5. The van der Waals surface area contributed by atoms with Crippen molar-refractivity contribution in [3.63, 3.8) is 0 Å². The highest BCUT2D eigenvalue weighted by atomic mass is 16.1. The summed E-state index contributed by atoms with van der Waals surface area (Å²) in [5, 5.41) is 7.22. The predicted octanol–water partition coefficient (Wildman–Crippen LogP) is 0.805. The molecule has 3 aromatic heterocycles. The van der Waals surface area contributed by atoms with Crippen LogP contribution in [0.25, 0.3) is 5.65 Å². The SMILES string of the molecule is O=C(NCc1cn2ccncc2n1)C1CCn2nccc2C1. The Morgan fingerprint density at radius 3 is 3.27 bits per heavy atom. The highest BCUT2D eigenvalue weighted by Crippen LogP contribution is 2.19. The zero-order valence-corrected chi connectivity index (χ0v) is 12.0. The summed E-state index contributed by atoms with van der Waals surface area (Å²) in [5.41, 5.74) is 2.75. The Balaban J connectivity index is 1.40. The van der Waals surface area contributed by atoms with Crippen molar-refractivity contribution in [2.75, 3.05) is 0 Å². The highest BCUT2D eigenvalue weighted by molar-refractivity contribution is 5.79. The summed E-state index contributed by atoms with van der Waals surface area (Å²) in [5.74, 6) is 0.102. The van der Waals surface area contributed by atoms with Crippen LogP contribution < -0.4 is 5.32 Å². The molecule has 1 amide bonds. The third-order valence-corrected chi connectivity index (χ3v) is 4.08. The molecule has 3 aromatic rings. The van der Waals surface area contributed by atoms with Gasteiger partial charge in [0, 0.05) is 49.4 Å². The summed E-state index contributed by atoms with van der Waals surface area (Å²) in [4.78, 5) is 20.8. The second-order valence-corrected chi connectivity index (χ2v) is 5.53. The number of nitrogens with zero attached hydrogens (tertiary/aromatic N) is 5. The van der Waals surface area contributed by atoms with Crippen LogP contribution in [0.1, 0.15) is 17.8 Å². The van der Waals surface area contributed by atoms with E-state index in [-0.39, 0.29) is 11.8 Å². The minimum absolute atomic E-state index is 0.0166. The van der Waals surface area contributed by atoms with Crippen molar-refractivity contribution in [1.29, 1.82) is 0 Å². The number of aryl methyl sites for hydroxylation is 1. The molecule has 0 saturated heterocycles. The lowest BCUT2D eigenvalue weighted by atomic mass is 9.95. The van der Waals surface area contributed by atoms with Crippen LogP contribution in [0.15, 0.2) is 37.1 Å². The van der Waals surface area contributed by atoms with E-state index < -0.39 is 0 Å². The summed E-state index contributed by atoms with van der Waals surface area (Å²) in [6.45, 7) is 1.25. The second kappa shape index (κ2) is 5.25. The fourth-order valence-corrected chi connectivity index (χ4v) is 2.89. The van der Waals surface area contributed by atoms with Gasteiger partial charge in [0.05, 0.1) is 18.4 Å². The van der Waals surface area contributed by atoms with E-state index in [4.69, 9.17) is 0 Å². The van der Waals surface area contributed by atoms with Gasteiger partial charge in [0.2, 0.25) is 5.91 Å². The van der Waals surface area contributed by atoms with Crippen molar-refractivity contribution in [2.24, 2.45) is 5.92 Å². The molecular formula is C15H16N6O. The maximum absolute atomic E-state index is 12.3. The first-order chi connectivity index (χ1) is 10.8. The lowest BCUT2D eigenvalue weighted by Crippen LogP contribution is -2.35. The Kier molecular flexibility index (Phi) is 3.10. The number of fused-ring (bicyclic) bond motifs is 2. The number of carbonyl (C=O) groups excluding carboxylic acids is 1. The number of aromatic nitrogens is 5. The van der Waals surface area contributed by atoms with Crippen LogP contribution in [0.3, 0.4) is 0 Å². The van der Waals surface area contributed by atoms with Crippen molar-refractivity contribution in [2.45, 2.75) is 25.9 Å². The third-order valence-electron chi connectivity index (χ3n) is 4.08. The van der Waals surface area contributed by atoms with Gasteiger partial charge in [-0.15, -0.1) is 0 Å². The molecular weight excluding hydrogens is 280 g/mol. The summed E-state index contributed by atoms with van der Waals surface area (Å²) < 4.78 is 3.87. The Hall–Kier alpha value is -2.70. The molecule has 1 N–H and O–H groups in total. The number of imidazole rings is 1. The summed E-state index contributed by atoms with van der Waals surface area (Å²) in [6, 6.07) is 1.98. The number of amides is 1. The van der Waals surface area contributed by atoms with Crippen LogP contribution in [0.2, 0.25) is 0 Å². The Morgan fingerprint density at radius 1 is 1.41 bits per heavy atom. The fourth-order valence-electron chi connectivity index (χ4n) is 2.89. The molecule has 7 heteroatoms. The zero-order valence-electron chi connectivity index (χ0n) is 12.0. The minimum Gasteiger partial charge on any atom is -0.350 e. The van der Waals surface area contributed by atoms with Crippen LogP contribution in [0, 0.1) is 5.92 Å². The van der Waals surface area contributed by atoms with E-state index in [9.17, 15) is 4.79 Å². The van der Waals surface area contributed by atoms with E-state index in [2.05, 4.69) is 20.4 Å². The van der Waals surface area contributed by atoms with Gasteiger partial charge in [0.25, 0.3) is 0 Å². The molecule has 112 valence electrons. The van der Waals surface area contributed by atoms with Gasteiger partial charge in [-0.2, -0.15) is 5.10 Å². The number of carbonyl (C=O) groups is 1. The van der Waals surface area contributed by atoms with E-state index in [0.717, 1.165) is 36.4 Å². The molecule has 7 nitrogen and oxygen atoms in total. The average molecular weight is 296 g/mol. The van der Waals surface area contributed by atoms with Crippen molar-refractivity contribution in [1.82, 2.24) is 29.5 Å². The van der Waals surface area contributed by atoms with Gasteiger partial charge in [-0.25, -0.2) is 4.98 Å². The number of rotatable bonds is 3. The molecule has 0 aromatic carbocycles. The van der Waals surface area contributed by atoms with Crippen LogP contribution >= 0.6 is 0 Å². The average Bonchev–Trinajstić information content (AvgIpc) is 3.17. The van der Waals surface area contributed by atoms with Gasteiger partial charge < -0.3 is 9.72 Å². The first kappa shape index (κ1) is 13.0. The molecule has 0 aliphatic carbocycles. The zero-order chi connectivity index (χ0) is 14.9. The van der Waals surface area contributed by atoms with E-state index in [1.54, 1.807) is 18.6 Å². The van der Waals surface area contributed by atoms with Gasteiger partial charge in [-0.1, -0.05) is 0 Å². The summed E-state index contributed by atoms with van der Waals surface area (Å²) >= 11 is 0. The molecule has 1 aliphatic rings. The Morgan fingerprint density at radius 2 is 2.36 bits per heavy atom. The Labute approximate surface area is 127 Å². The molecule has 1 atom stereocenters. The topological polar surface area (TPSA) is 77.1 Å². The molecule has 1 aliphatic heterocycles. The normalized spacial score (nSPS) is 17.4. The fraction of sp³-hybridized carbons (Fsp3) is 0.333. The van der Waals surface area contributed by atoms with E-state index >= 15 is 0 Å². The molecule has 4 rings (SSSR count). The molecule has 0 spiro atoms. The van der Waals surface area contributed by atoms with Crippen molar-refractivity contribution >= 4 is 11.6 Å². The van der Waals surface area contributed by atoms with Crippen LogP contribution in [0.5, 0.6) is 0 Å². The van der Waals surface area contributed by atoms with Gasteiger partial charge >= 0.3 is 0 Å². The van der Waals surface area contributed by atoms with E-state index in [0.29, 0.717) is 6.54 Å². The third kappa shape index (κ3) is 2.34. The second-order valence-electron chi connectivity index (χ2n) is 5.53. The predicted molar refractivity (Wildman–Crippen MR) is 78.9 cm³/mol. The van der Waals surface area contributed by atoms with Crippen LogP contribution in [-0.4, -0.2) is 30.1 Å². The monoisotopic (exact) mass is 296 g/mol. The van der Waals surface area contributed by atoms with Crippen molar-refractivity contribution in [3.8, 4) is 0 Å². The van der Waals surface area contributed by atoms with Crippen LogP contribution in [0.4, 0.5) is 0 Å². The van der Waals surface area contributed by atoms with E-state index in [1.807, 2.05) is 27.5 Å². The maximum Gasteiger partial charge on any atom is 0.223 e. The number of hydrogen-bond acceptors (Lipinski definition) is 4.